The van der Waals surface area contributed by atoms with E-state index in [-0.39, 0.29) is 17.3 Å². The van der Waals surface area contributed by atoms with Crippen LogP contribution in [0.4, 0.5) is 0 Å². The molecule has 0 amide bonds. The van der Waals surface area contributed by atoms with Crippen LogP contribution in [0.5, 0.6) is 0 Å². The van der Waals surface area contributed by atoms with Gasteiger partial charge in [0.2, 0.25) is 0 Å². The van der Waals surface area contributed by atoms with Crippen LogP contribution in [-0.2, 0) is 9.53 Å². The molecular weight excluding hydrogens is 188 g/mol. The molecule has 2 unspecified atom stereocenters. The van der Waals surface area contributed by atoms with E-state index in [0.29, 0.717) is 12.4 Å². The summed E-state index contributed by atoms with van der Waals surface area (Å²) in [5, 5.41) is 0. The SMILES string of the molecule is COCCC(C)C(=O)C1CCCC1(C)C. The predicted molar refractivity (Wildman–Crippen MR) is 61.8 cm³/mol. The number of carbonyl (C=O) groups is 1. The van der Waals surface area contributed by atoms with Crippen molar-refractivity contribution in [2.45, 2.75) is 46.5 Å². The average Bonchev–Trinajstić information content (AvgIpc) is 2.53. The topological polar surface area (TPSA) is 26.3 Å². The highest BCUT2D eigenvalue weighted by Gasteiger charge is 2.40. The third kappa shape index (κ3) is 3.04. The summed E-state index contributed by atoms with van der Waals surface area (Å²) >= 11 is 0. The maximum Gasteiger partial charge on any atom is 0.139 e. The number of carbonyl (C=O) groups excluding carboxylic acids is 1. The summed E-state index contributed by atoms with van der Waals surface area (Å²) in [6.07, 6.45) is 4.35. The van der Waals surface area contributed by atoms with E-state index in [1.54, 1.807) is 7.11 Å². The van der Waals surface area contributed by atoms with E-state index in [1.165, 1.54) is 12.8 Å². The maximum absolute atomic E-state index is 12.2. The second-order valence-electron chi connectivity index (χ2n) is 5.52. The lowest BCUT2D eigenvalue weighted by Crippen LogP contribution is -2.30. The number of hydrogen-bond acceptors (Lipinski definition) is 2. The van der Waals surface area contributed by atoms with E-state index in [0.717, 1.165) is 12.8 Å². The second-order valence-corrected chi connectivity index (χ2v) is 5.52. The molecule has 0 radical (unpaired) electrons. The highest BCUT2D eigenvalue weighted by atomic mass is 16.5. The minimum absolute atomic E-state index is 0.160. The Morgan fingerprint density at radius 2 is 2.20 bits per heavy atom. The lowest BCUT2D eigenvalue weighted by Gasteiger charge is -2.28. The first-order chi connectivity index (χ1) is 6.99. The van der Waals surface area contributed by atoms with Gasteiger partial charge in [0.25, 0.3) is 0 Å². The van der Waals surface area contributed by atoms with Crippen molar-refractivity contribution < 1.29 is 9.53 Å². The summed E-state index contributed by atoms with van der Waals surface area (Å²) in [5.41, 5.74) is 0.221. The zero-order valence-corrected chi connectivity index (χ0v) is 10.5. The monoisotopic (exact) mass is 212 g/mol. The van der Waals surface area contributed by atoms with Crippen LogP contribution in [0.3, 0.4) is 0 Å². The summed E-state index contributed by atoms with van der Waals surface area (Å²) in [5.74, 6) is 0.895. The highest BCUT2D eigenvalue weighted by Crippen LogP contribution is 2.44. The molecule has 1 rings (SSSR count). The van der Waals surface area contributed by atoms with Gasteiger partial charge in [0, 0.05) is 25.6 Å². The van der Waals surface area contributed by atoms with E-state index in [4.69, 9.17) is 4.74 Å². The maximum atomic E-state index is 12.2. The lowest BCUT2D eigenvalue weighted by molar-refractivity contribution is -0.129. The zero-order valence-electron chi connectivity index (χ0n) is 10.5. The Labute approximate surface area is 93.4 Å². The first-order valence-electron chi connectivity index (χ1n) is 6.01. The summed E-state index contributed by atoms with van der Waals surface area (Å²) in [6.45, 7) is 7.19. The third-order valence-electron chi connectivity index (χ3n) is 3.84. The van der Waals surface area contributed by atoms with Gasteiger partial charge in [0.1, 0.15) is 5.78 Å². The molecule has 1 saturated carbocycles. The van der Waals surface area contributed by atoms with E-state index < -0.39 is 0 Å². The summed E-state index contributed by atoms with van der Waals surface area (Å²) in [7, 11) is 1.69. The zero-order chi connectivity index (χ0) is 11.5. The molecule has 1 aliphatic rings. The van der Waals surface area contributed by atoms with Gasteiger partial charge >= 0.3 is 0 Å². The van der Waals surface area contributed by atoms with Crippen molar-refractivity contribution in [2.24, 2.45) is 17.3 Å². The van der Waals surface area contributed by atoms with Crippen LogP contribution in [0.1, 0.15) is 46.5 Å². The van der Waals surface area contributed by atoms with Crippen molar-refractivity contribution in [3.8, 4) is 0 Å². The first-order valence-corrected chi connectivity index (χ1v) is 6.01. The summed E-state index contributed by atoms with van der Waals surface area (Å²) in [4.78, 5) is 12.2. The third-order valence-corrected chi connectivity index (χ3v) is 3.84. The normalized spacial score (nSPS) is 26.5. The first kappa shape index (κ1) is 12.7. The Balaban J connectivity index is 2.52. The standard InChI is InChI=1S/C13H24O2/c1-10(7-9-15-4)12(14)11-6-5-8-13(11,2)3/h10-11H,5-9H2,1-4H3. The molecule has 1 fully saturated rings. The quantitative estimate of drug-likeness (QED) is 0.700. The smallest absolute Gasteiger partial charge is 0.139 e. The molecule has 0 spiro atoms. The van der Waals surface area contributed by atoms with Crippen LogP contribution in [0.15, 0.2) is 0 Å². The molecule has 0 aromatic rings. The predicted octanol–water partition coefficient (Wildman–Crippen LogP) is 3.05. The molecule has 15 heavy (non-hydrogen) atoms. The van der Waals surface area contributed by atoms with Gasteiger partial charge in [-0.05, 0) is 24.7 Å². The fourth-order valence-corrected chi connectivity index (χ4v) is 2.63. The molecule has 0 aromatic heterocycles. The van der Waals surface area contributed by atoms with Crippen molar-refractivity contribution in [1.82, 2.24) is 0 Å². The van der Waals surface area contributed by atoms with Crippen molar-refractivity contribution in [3.05, 3.63) is 0 Å². The Morgan fingerprint density at radius 1 is 1.53 bits per heavy atom. The number of ether oxygens (including phenoxy) is 1. The second kappa shape index (κ2) is 5.11. The minimum Gasteiger partial charge on any atom is -0.385 e. The average molecular weight is 212 g/mol. The Morgan fingerprint density at radius 3 is 2.67 bits per heavy atom. The van der Waals surface area contributed by atoms with Gasteiger partial charge in [-0.3, -0.25) is 4.79 Å². The molecule has 0 saturated heterocycles. The van der Waals surface area contributed by atoms with Crippen molar-refractivity contribution in [1.29, 1.82) is 0 Å². The number of Topliss-reactive ketones (excluding diaryl/α,β-unsaturated/α-hetero) is 1. The molecule has 0 aromatic carbocycles. The lowest BCUT2D eigenvalue weighted by atomic mass is 9.76. The van der Waals surface area contributed by atoms with Gasteiger partial charge in [-0.1, -0.05) is 27.2 Å². The van der Waals surface area contributed by atoms with Crippen LogP contribution in [-0.4, -0.2) is 19.5 Å². The van der Waals surface area contributed by atoms with Gasteiger partial charge in [-0.15, -0.1) is 0 Å². The largest absolute Gasteiger partial charge is 0.385 e. The van der Waals surface area contributed by atoms with E-state index >= 15 is 0 Å². The molecule has 88 valence electrons. The molecule has 2 heteroatoms. The fourth-order valence-electron chi connectivity index (χ4n) is 2.63. The molecule has 2 nitrogen and oxygen atoms in total. The number of methoxy groups -OCH3 is 1. The van der Waals surface area contributed by atoms with Gasteiger partial charge in [-0.2, -0.15) is 0 Å². The fraction of sp³-hybridized carbons (Fsp3) is 0.923. The van der Waals surface area contributed by atoms with Crippen LogP contribution in [0.25, 0.3) is 0 Å². The highest BCUT2D eigenvalue weighted by molar-refractivity contribution is 5.84. The molecular formula is C13H24O2. The molecule has 1 aliphatic carbocycles. The van der Waals surface area contributed by atoms with Crippen molar-refractivity contribution in [2.75, 3.05) is 13.7 Å². The summed E-state index contributed by atoms with van der Waals surface area (Å²) < 4.78 is 5.03. The molecule has 2 atom stereocenters. The van der Waals surface area contributed by atoms with Gasteiger partial charge in [-0.25, -0.2) is 0 Å². The number of ketones is 1. The molecule has 0 aliphatic heterocycles. The van der Waals surface area contributed by atoms with Crippen molar-refractivity contribution >= 4 is 5.78 Å². The van der Waals surface area contributed by atoms with Gasteiger partial charge in [0.05, 0.1) is 0 Å². The number of hydrogen-bond donors (Lipinski definition) is 0. The molecule has 0 heterocycles. The Bertz CT molecular complexity index is 221. The van der Waals surface area contributed by atoms with Crippen LogP contribution < -0.4 is 0 Å². The van der Waals surface area contributed by atoms with Gasteiger partial charge < -0.3 is 4.74 Å². The molecule has 0 N–H and O–H groups in total. The summed E-state index contributed by atoms with van der Waals surface area (Å²) in [6, 6.07) is 0. The minimum atomic E-state index is 0.160. The Kier molecular flexibility index (Phi) is 4.32. The van der Waals surface area contributed by atoms with E-state index in [1.807, 2.05) is 6.92 Å². The van der Waals surface area contributed by atoms with Crippen LogP contribution >= 0.6 is 0 Å². The van der Waals surface area contributed by atoms with E-state index in [9.17, 15) is 4.79 Å². The van der Waals surface area contributed by atoms with E-state index in [2.05, 4.69) is 13.8 Å². The Hall–Kier alpha value is -0.370. The number of rotatable bonds is 5. The van der Waals surface area contributed by atoms with Crippen LogP contribution in [0.2, 0.25) is 0 Å². The molecule has 0 bridgehead atoms. The van der Waals surface area contributed by atoms with Crippen molar-refractivity contribution in [3.63, 3.8) is 0 Å². The van der Waals surface area contributed by atoms with Crippen LogP contribution in [0, 0.1) is 17.3 Å². The van der Waals surface area contributed by atoms with Gasteiger partial charge in [0.15, 0.2) is 0 Å².